The van der Waals surface area contributed by atoms with Crippen LogP contribution in [0.2, 0.25) is 40.2 Å². The lowest BCUT2D eigenvalue weighted by atomic mass is 9.97. The zero-order chi connectivity index (χ0) is 96.1. The van der Waals surface area contributed by atoms with Gasteiger partial charge >= 0.3 is 0 Å². The predicted octanol–water partition coefficient (Wildman–Crippen LogP) is 18.2. The van der Waals surface area contributed by atoms with Crippen molar-refractivity contribution in [3.8, 4) is 80.2 Å². The lowest BCUT2D eigenvalue weighted by molar-refractivity contribution is 0.144. The molecule has 8 aromatic carbocycles. The lowest BCUT2D eigenvalue weighted by Gasteiger charge is -2.31. The summed E-state index contributed by atoms with van der Waals surface area (Å²) in [7, 11) is 14.3. The van der Waals surface area contributed by atoms with E-state index in [1.165, 1.54) is 6.33 Å². The SMILES string of the molecule is COc1cc2c(N)nc(-c3ccc(Cl)c(Cl)c3)nc2cc1OCc1nc(CN2CCN(C)CC2)no1.COc1cc2c(N)nc(-c3ccc(Cl)c(Cl)c3)nc2cc1OCc1noc(C2CCN(C)CC2)n1.COc1cc2c(N)nc(-c3ccc(Cl)c(Cl)c3)nc2cc1OCc1noc(C2CCNCC2)n1.COc1cc2c(Nc3ccc(Cl)c(Cl)c3)ncnc2cc1OCc1nc(CN(C)C)no1. The normalized spacial score (nSPS) is 13.9. The largest absolute Gasteiger partial charge is 0.493 e. The van der Waals surface area contributed by atoms with E-state index in [9.17, 15) is 0 Å². The van der Waals surface area contributed by atoms with Crippen molar-refractivity contribution >= 4 is 165 Å². The van der Waals surface area contributed by atoms with Crippen LogP contribution in [0.1, 0.15) is 84.4 Å². The third-order valence-electron chi connectivity index (χ3n) is 22.2. The number of piperazine rings is 1. The number of hydrogen-bond acceptors (Lipinski definition) is 37. The number of likely N-dealkylation sites (tertiary alicyclic amines) is 1. The van der Waals surface area contributed by atoms with Gasteiger partial charge in [0.1, 0.15) is 29.6 Å². The van der Waals surface area contributed by atoms with E-state index in [0.29, 0.717) is 242 Å². The van der Waals surface area contributed by atoms with Gasteiger partial charge in [0.05, 0.1) is 104 Å². The highest BCUT2D eigenvalue weighted by atomic mass is 35.5. The minimum absolute atomic E-state index is 0.0812. The van der Waals surface area contributed by atoms with Crippen LogP contribution in [0, 0.1) is 0 Å². The Labute approximate surface area is 824 Å². The number of hydrogen-bond donors (Lipinski definition) is 5. The Balaban J connectivity index is 0.000000132. The molecule has 0 spiro atoms. The van der Waals surface area contributed by atoms with Crippen molar-refractivity contribution in [3.05, 3.63) is 215 Å². The first-order valence-corrected chi connectivity index (χ1v) is 45.9. The highest BCUT2D eigenvalue weighted by Gasteiger charge is 2.28. The third-order valence-corrected chi connectivity index (χ3v) is 25.2. The molecule has 0 aliphatic carbocycles. The second-order valence-electron chi connectivity index (χ2n) is 32.1. The number of fused-ring (bicyclic) bond motifs is 4. The molecule has 3 fully saturated rings. The molecule has 19 rings (SSSR count). The molecule has 3 aliphatic rings. The summed E-state index contributed by atoms with van der Waals surface area (Å²) in [6.45, 7) is 9.57. The molecule has 0 radical (unpaired) electrons. The topological polar surface area (TPSA) is 448 Å². The predicted molar refractivity (Wildman–Crippen MR) is 523 cm³/mol. The number of benzene rings is 8. The van der Waals surface area contributed by atoms with Crippen LogP contribution in [0.5, 0.6) is 46.0 Å². The standard InChI is InChI=1S/C24H25Cl2N7O3.C24H24Cl2N6O3.C23H22Cl2N6O3.C21H20Cl2N6O3/c1-32-5-7-33(8-6-32)12-21-29-22(36-31-21)13-35-20-11-18-15(10-19(20)34-2)23(27)30-24(28-18)14-3-4-16(25)17(26)9-14;1-32-7-5-13(6-8-32)24-29-21(31-35-24)12-34-20-11-18-15(10-19(20)33-2)22(27)30-23(28-18)14-3-4-16(25)17(26)9-14;1-32-18-9-14-17(28-22(30-21(14)26)13-2-3-15(24)16(25)8-13)10-19(18)33-11-20-29-23(34-31-20)12-4-6-27-7-5-12;1-29(2)9-19-27-20(32-28-19)10-31-18-8-16-13(7-17(18)30-3)21(25-11-24-16)26-12-4-5-14(22)15(23)6-12/h3-4,9-11H,5-8,12-13H2,1-2H3,(H2,27,28,30);3-4,9-11,13H,5-8,12H2,1-2H3,(H2,27,28,30);2-3,8-10,12,27H,4-7,11H2,1H3,(H2,26,28,30);4-8,11H,9-10H2,1-3H3,(H,24,25,26). The van der Waals surface area contributed by atoms with E-state index >= 15 is 0 Å². The summed E-state index contributed by atoms with van der Waals surface area (Å²) in [4.78, 5) is 62.6. The van der Waals surface area contributed by atoms with Crippen LogP contribution in [0.15, 0.2) is 146 Å². The van der Waals surface area contributed by atoms with Crippen molar-refractivity contribution in [2.45, 2.75) is 77.0 Å². The zero-order valence-corrected chi connectivity index (χ0v) is 81.2. The Morgan fingerprint density at radius 2 is 0.774 bits per heavy atom. The fourth-order valence-corrected chi connectivity index (χ4v) is 16.1. The number of nitrogen functional groups attached to an aromatic ring is 3. The lowest BCUT2D eigenvalue weighted by Crippen LogP contribution is -2.44. The van der Waals surface area contributed by atoms with Gasteiger partial charge in [-0.3, -0.25) is 4.90 Å². The van der Waals surface area contributed by atoms with E-state index in [1.54, 1.807) is 144 Å². The molecule has 0 atom stereocenters. The second-order valence-corrected chi connectivity index (χ2v) is 35.4. The molecule has 0 unspecified atom stereocenters. The van der Waals surface area contributed by atoms with Crippen LogP contribution in [0.3, 0.4) is 0 Å². The van der Waals surface area contributed by atoms with Crippen LogP contribution < -0.4 is 65.7 Å². The summed E-state index contributed by atoms with van der Waals surface area (Å²) in [5.41, 5.74) is 24.0. The van der Waals surface area contributed by atoms with Gasteiger partial charge in [-0.15, -0.1) is 0 Å². The number of anilines is 5. The minimum atomic E-state index is 0.0812. The Morgan fingerprint density at radius 3 is 1.20 bits per heavy atom. The van der Waals surface area contributed by atoms with Gasteiger partial charge in [-0.25, -0.2) is 39.9 Å². The van der Waals surface area contributed by atoms with Crippen LogP contribution >= 0.6 is 92.8 Å². The van der Waals surface area contributed by atoms with Crippen LogP contribution in [-0.2, 0) is 39.5 Å². The Bertz CT molecular complexity index is 6980. The van der Waals surface area contributed by atoms with Crippen molar-refractivity contribution < 1.29 is 56.0 Å². The molecule has 8 aromatic heterocycles. The molecule has 37 nitrogen and oxygen atoms in total. The number of piperidine rings is 2. The summed E-state index contributed by atoms with van der Waals surface area (Å²) in [6, 6.07) is 34.8. The summed E-state index contributed by atoms with van der Waals surface area (Å²) in [5, 5.41) is 28.9. The molecule has 3 saturated heterocycles. The second kappa shape index (κ2) is 44.7. The monoisotopic (exact) mass is 2020 g/mol. The van der Waals surface area contributed by atoms with E-state index in [-0.39, 0.29) is 38.3 Å². The number of nitrogens with zero attached hydrogens (tertiary/aromatic N) is 20. The average molecular weight is 2020 g/mol. The highest BCUT2D eigenvalue weighted by Crippen LogP contribution is 2.43. The number of methoxy groups -OCH3 is 4. The summed E-state index contributed by atoms with van der Waals surface area (Å²) in [6.07, 6.45) is 5.41. The molecule has 137 heavy (non-hydrogen) atoms. The van der Waals surface area contributed by atoms with Crippen molar-refractivity contribution in [1.82, 2.24) is 105 Å². The van der Waals surface area contributed by atoms with Crippen molar-refractivity contribution in [2.24, 2.45) is 0 Å². The van der Waals surface area contributed by atoms with Gasteiger partial charge in [0.15, 0.2) is 102 Å². The summed E-state index contributed by atoms with van der Waals surface area (Å²) < 4.78 is 67.5. The molecule has 0 bridgehead atoms. The van der Waals surface area contributed by atoms with E-state index in [0.717, 1.165) is 89.1 Å². The van der Waals surface area contributed by atoms with E-state index in [4.69, 9.17) is 166 Å². The Kier molecular flexibility index (Phi) is 31.8. The molecule has 11 heterocycles. The van der Waals surface area contributed by atoms with Crippen LogP contribution in [0.4, 0.5) is 29.0 Å². The molecule has 8 N–H and O–H groups in total. The van der Waals surface area contributed by atoms with Crippen LogP contribution in [0.25, 0.3) is 77.8 Å². The maximum Gasteiger partial charge on any atom is 0.264 e. The first kappa shape index (κ1) is 97.5. The summed E-state index contributed by atoms with van der Waals surface area (Å²) >= 11 is 48.7. The summed E-state index contributed by atoms with van der Waals surface area (Å²) in [5.74, 6) is 11.4. The fourth-order valence-electron chi connectivity index (χ4n) is 14.9. The molecule has 3 aliphatic heterocycles. The first-order chi connectivity index (χ1) is 66.2. The van der Waals surface area contributed by atoms with Gasteiger partial charge in [0.25, 0.3) is 11.8 Å². The van der Waals surface area contributed by atoms with E-state index in [1.807, 2.05) is 25.1 Å². The zero-order valence-electron chi connectivity index (χ0n) is 75.1. The van der Waals surface area contributed by atoms with E-state index < -0.39 is 0 Å². The average Bonchev–Trinajstić information content (AvgIpc) is 1.27. The number of halogens is 8. The third kappa shape index (κ3) is 24.3. The van der Waals surface area contributed by atoms with Crippen molar-refractivity contribution in [2.75, 3.05) is 132 Å². The molecule has 0 saturated carbocycles. The maximum atomic E-state index is 6.24. The van der Waals surface area contributed by atoms with Gasteiger partial charge < -0.3 is 98.5 Å². The van der Waals surface area contributed by atoms with Gasteiger partial charge in [-0.05, 0) is 177 Å². The number of nitrogens with one attached hydrogen (secondary N) is 2. The van der Waals surface area contributed by atoms with Crippen molar-refractivity contribution in [3.63, 3.8) is 0 Å². The number of nitrogens with two attached hydrogens (primary N) is 3. The highest BCUT2D eigenvalue weighted by molar-refractivity contribution is 6.44. The Hall–Kier alpha value is -12.6. The minimum Gasteiger partial charge on any atom is -0.493 e. The number of likely N-dealkylation sites (N-methyl/N-ethyl adjacent to an activating group) is 1. The van der Waals surface area contributed by atoms with Crippen molar-refractivity contribution in [1.29, 1.82) is 0 Å². The smallest absolute Gasteiger partial charge is 0.264 e. The molecule has 16 aromatic rings. The fraction of sp³-hybridized carbons (Fsp3) is 0.304. The quantitative estimate of drug-likeness (QED) is 0.0319. The molecule has 45 heteroatoms. The van der Waals surface area contributed by atoms with Gasteiger partial charge in [0, 0.05) is 106 Å². The number of aromatic nitrogens is 16. The maximum absolute atomic E-state index is 6.24. The first-order valence-electron chi connectivity index (χ1n) is 42.9. The molecular formula is C92H91Cl8N25O12. The van der Waals surface area contributed by atoms with Gasteiger partial charge in [-0.2, -0.15) is 19.9 Å². The van der Waals surface area contributed by atoms with Crippen LogP contribution in [-0.4, -0.2) is 209 Å². The molecule has 0 amide bonds. The van der Waals surface area contributed by atoms with Gasteiger partial charge in [0.2, 0.25) is 23.4 Å². The van der Waals surface area contributed by atoms with E-state index in [2.05, 4.69) is 120 Å². The number of rotatable bonds is 27. The number of ether oxygens (including phenoxy) is 8. The molecular weight excluding hydrogens is 1930 g/mol. The molecule has 712 valence electrons. The van der Waals surface area contributed by atoms with Gasteiger partial charge in [-0.1, -0.05) is 113 Å². The Morgan fingerprint density at radius 1 is 0.387 bits per heavy atom.